The van der Waals surface area contributed by atoms with Crippen LogP contribution in [0.15, 0.2) is 0 Å². The lowest BCUT2D eigenvalue weighted by molar-refractivity contribution is 0.432. The first kappa shape index (κ1) is 19.2. The van der Waals surface area contributed by atoms with Crippen molar-refractivity contribution >= 4 is 22.0 Å². The summed E-state index contributed by atoms with van der Waals surface area (Å²) in [6.45, 7) is 7.43. The molecule has 19 heavy (non-hydrogen) atoms. The fourth-order valence-corrected chi connectivity index (χ4v) is 3.28. The zero-order valence-corrected chi connectivity index (χ0v) is 14.4. The maximum atomic E-state index is 12.0. The minimum Gasteiger partial charge on any atom is -0.314 e. The van der Waals surface area contributed by atoms with Crippen LogP contribution in [0.1, 0.15) is 33.6 Å². The predicted molar refractivity (Wildman–Crippen MR) is 84.9 cm³/mol. The molecule has 0 aromatic heterocycles. The van der Waals surface area contributed by atoms with Crippen molar-refractivity contribution in [2.24, 2.45) is 0 Å². The molecule has 5 nitrogen and oxygen atoms in total. The van der Waals surface area contributed by atoms with E-state index < -0.39 is 10.2 Å². The maximum absolute atomic E-state index is 12.0. The van der Waals surface area contributed by atoms with Gasteiger partial charge in [-0.2, -0.15) is 29.2 Å². The van der Waals surface area contributed by atoms with Crippen molar-refractivity contribution < 1.29 is 8.42 Å². The van der Waals surface area contributed by atoms with Crippen LogP contribution in [0.4, 0.5) is 0 Å². The van der Waals surface area contributed by atoms with Gasteiger partial charge in [0.2, 0.25) is 0 Å². The molecule has 0 spiro atoms. The Morgan fingerprint density at radius 1 is 1.26 bits per heavy atom. The van der Waals surface area contributed by atoms with Crippen LogP contribution in [-0.2, 0) is 10.2 Å². The van der Waals surface area contributed by atoms with Gasteiger partial charge in [0.15, 0.2) is 0 Å². The van der Waals surface area contributed by atoms with Crippen LogP contribution in [0.25, 0.3) is 0 Å². The van der Waals surface area contributed by atoms with Gasteiger partial charge >= 0.3 is 0 Å². The largest absolute Gasteiger partial charge is 0.314 e. The molecule has 0 amide bonds. The molecular weight excluding hydrogens is 282 g/mol. The third kappa shape index (κ3) is 9.67. The predicted octanol–water partition coefficient (Wildman–Crippen LogP) is 1.28. The van der Waals surface area contributed by atoms with E-state index in [0.29, 0.717) is 12.6 Å². The third-order valence-corrected chi connectivity index (χ3v) is 5.07. The molecule has 0 saturated heterocycles. The quantitative estimate of drug-likeness (QED) is 0.564. The second kappa shape index (κ2) is 9.99. The Hall–Kier alpha value is 0.180. The van der Waals surface area contributed by atoms with E-state index in [-0.39, 0.29) is 6.04 Å². The van der Waals surface area contributed by atoms with Gasteiger partial charge in [0.1, 0.15) is 0 Å². The molecule has 0 aliphatic heterocycles. The highest BCUT2D eigenvalue weighted by atomic mass is 32.2. The smallest absolute Gasteiger partial charge is 0.279 e. The Labute approximate surface area is 123 Å². The van der Waals surface area contributed by atoms with Crippen molar-refractivity contribution in [1.82, 2.24) is 14.3 Å². The van der Waals surface area contributed by atoms with Gasteiger partial charge in [0, 0.05) is 25.7 Å². The van der Waals surface area contributed by atoms with E-state index >= 15 is 0 Å². The van der Waals surface area contributed by atoms with E-state index in [0.717, 1.165) is 25.1 Å². The fourth-order valence-electron chi connectivity index (χ4n) is 1.51. The molecule has 0 aromatic carbocycles. The molecule has 0 aromatic rings. The lowest BCUT2D eigenvalue weighted by Crippen LogP contribution is -2.43. The number of nitrogens with one attached hydrogen (secondary N) is 2. The van der Waals surface area contributed by atoms with Gasteiger partial charge in [0.25, 0.3) is 10.2 Å². The highest BCUT2D eigenvalue weighted by molar-refractivity contribution is 7.98. The van der Waals surface area contributed by atoms with E-state index in [4.69, 9.17) is 0 Å². The maximum Gasteiger partial charge on any atom is 0.279 e. The number of hydrogen-bond acceptors (Lipinski definition) is 4. The summed E-state index contributed by atoms with van der Waals surface area (Å²) in [5.41, 5.74) is 0. The summed E-state index contributed by atoms with van der Waals surface area (Å²) in [4.78, 5) is 0. The Kier molecular flexibility index (Phi) is 10.1. The van der Waals surface area contributed by atoms with Crippen LogP contribution >= 0.6 is 11.8 Å². The van der Waals surface area contributed by atoms with Gasteiger partial charge in [-0.25, -0.2) is 0 Å². The van der Waals surface area contributed by atoms with Crippen LogP contribution in [0.3, 0.4) is 0 Å². The Balaban J connectivity index is 4.03. The lowest BCUT2D eigenvalue weighted by atomic mass is 10.3. The monoisotopic (exact) mass is 311 g/mol. The summed E-state index contributed by atoms with van der Waals surface area (Å²) >= 11 is 1.73. The minimum atomic E-state index is -3.34. The zero-order chi connectivity index (χ0) is 14.9. The average molecular weight is 312 g/mol. The van der Waals surface area contributed by atoms with Crippen molar-refractivity contribution in [1.29, 1.82) is 0 Å². The first-order valence-electron chi connectivity index (χ1n) is 6.75. The van der Waals surface area contributed by atoms with Crippen molar-refractivity contribution in [3.05, 3.63) is 0 Å². The van der Waals surface area contributed by atoms with Crippen LogP contribution in [0.2, 0.25) is 0 Å². The molecule has 0 rings (SSSR count). The molecule has 1 unspecified atom stereocenters. The molecule has 7 heteroatoms. The van der Waals surface area contributed by atoms with Gasteiger partial charge in [0.05, 0.1) is 0 Å². The van der Waals surface area contributed by atoms with Crippen LogP contribution in [0.5, 0.6) is 0 Å². The summed E-state index contributed by atoms with van der Waals surface area (Å²) in [6.07, 6.45) is 3.69. The lowest BCUT2D eigenvalue weighted by Gasteiger charge is -2.21. The summed E-state index contributed by atoms with van der Waals surface area (Å²) in [7, 11) is -1.72. The molecule has 0 aliphatic carbocycles. The highest BCUT2D eigenvalue weighted by Crippen LogP contribution is 2.03. The third-order valence-electron chi connectivity index (χ3n) is 2.72. The van der Waals surface area contributed by atoms with Crippen LogP contribution in [0, 0.1) is 0 Å². The van der Waals surface area contributed by atoms with Crippen LogP contribution in [-0.4, -0.2) is 57.0 Å². The van der Waals surface area contributed by atoms with Gasteiger partial charge < -0.3 is 5.32 Å². The zero-order valence-electron chi connectivity index (χ0n) is 12.8. The van der Waals surface area contributed by atoms with E-state index in [9.17, 15) is 8.42 Å². The minimum absolute atomic E-state index is 0.0197. The van der Waals surface area contributed by atoms with Gasteiger partial charge in [-0.05, 0) is 38.3 Å². The molecule has 0 saturated carbocycles. The molecule has 0 bridgehead atoms. The first-order chi connectivity index (χ1) is 8.79. The van der Waals surface area contributed by atoms with Crippen LogP contribution < -0.4 is 10.0 Å². The summed E-state index contributed by atoms with van der Waals surface area (Å²) in [5, 5.41) is 3.28. The van der Waals surface area contributed by atoms with E-state index in [1.807, 2.05) is 13.2 Å². The van der Waals surface area contributed by atoms with Gasteiger partial charge in [-0.1, -0.05) is 13.8 Å². The average Bonchev–Trinajstić information content (AvgIpc) is 2.30. The number of rotatable bonds is 11. The van der Waals surface area contributed by atoms with E-state index in [2.05, 4.69) is 23.9 Å². The summed E-state index contributed by atoms with van der Waals surface area (Å²) in [6, 6.07) is 0.417. The van der Waals surface area contributed by atoms with Crippen molar-refractivity contribution in [2.75, 3.05) is 32.1 Å². The second-order valence-electron chi connectivity index (χ2n) is 5.09. The standard InChI is InChI=1S/C12H29N3O2S2/c1-11(2)13-8-6-9-15(4)19(16,17)14-12(3)7-10-18-5/h11-14H,6-10H2,1-5H3. The van der Waals surface area contributed by atoms with E-state index in [1.165, 1.54) is 4.31 Å². The number of nitrogens with zero attached hydrogens (tertiary/aromatic N) is 1. The van der Waals surface area contributed by atoms with E-state index in [1.54, 1.807) is 18.8 Å². The molecule has 0 radical (unpaired) electrons. The number of thioether (sulfide) groups is 1. The normalized spacial score (nSPS) is 14.3. The molecular formula is C12H29N3O2S2. The summed E-state index contributed by atoms with van der Waals surface area (Å²) < 4.78 is 28.1. The van der Waals surface area contributed by atoms with Gasteiger partial charge in [-0.15, -0.1) is 0 Å². The van der Waals surface area contributed by atoms with Crippen molar-refractivity contribution in [3.63, 3.8) is 0 Å². The Bertz CT molecular complexity index is 321. The topological polar surface area (TPSA) is 61.4 Å². The highest BCUT2D eigenvalue weighted by Gasteiger charge is 2.19. The molecule has 116 valence electrons. The number of hydrogen-bond donors (Lipinski definition) is 2. The molecule has 2 N–H and O–H groups in total. The van der Waals surface area contributed by atoms with Crippen molar-refractivity contribution in [2.45, 2.75) is 45.7 Å². The van der Waals surface area contributed by atoms with Gasteiger partial charge in [-0.3, -0.25) is 0 Å². The molecule has 0 heterocycles. The second-order valence-corrected chi connectivity index (χ2v) is 7.88. The molecule has 0 fully saturated rings. The Morgan fingerprint density at radius 3 is 2.42 bits per heavy atom. The Morgan fingerprint density at radius 2 is 1.89 bits per heavy atom. The fraction of sp³-hybridized carbons (Fsp3) is 1.00. The molecule has 1 atom stereocenters. The summed E-state index contributed by atoms with van der Waals surface area (Å²) in [5.74, 6) is 0.964. The first-order valence-corrected chi connectivity index (χ1v) is 9.59. The van der Waals surface area contributed by atoms with Crippen molar-refractivity contribution in [3.8, 4) is 0 Å². The molecule has 0 aliphatic rings. The SMILES string of the molecule is CSCCC(C)NS(=O)(=O)N(C)CCCNC(C)C.